The van der Waals surface area contributed by atoms with E-state index < -0.39 is 0 Å². The molecule has 0 amide bonds. The largest absolute Gasteiger partial charge is 0.317 e. The molecule has 112 valence electrons. The van der Waals surface area contributed by atoms with Crippen molar-refractivity contribution in [2.24, 2.45) is 5.92 Å². The van der Waals surface area contributed by atoms with E-state index in [1.165, 1.54) is 40.7 Å². The minimum absolute atomic E-state index is 0.704. The number of piperidine rings is 1. The Morgan fingerprint density at radius 3 is 1.91 bits per heavy atom. The molecule has 0 bridgehead atoms. The highest BCUT2D eigenvalue weighted by atomic mass is 14.9. The van der Waals surface area contributed by atoms with Crippen molar-refractivity contribution < 1.29 is 0 Å². The zero-order valence-electron chi connectivity index (χ0n) is 13.0. The zero-order chi connectivity index (χ0) is 14.8. The summed E-state index contributed by atoms with van der Waals surface area (Å²) >= 11 is 0. The Kier molecular flexibility index (Phi) is 3.82. The third-order valence-electron chi connectivity index (χ3n) is 5.06. The van der Waals surface area contributed by atoms with Gasteiger partial charge < -0.3 is 5.32 Å². The molecule has 22 heavy (non-hydrogen) atoms. The first-order chi connectivity index (χ1) is 10.9. The molecule has 0 aromatic heterocycles. The first-order valence-electron chi connectivity index (χ1n) is 8.51. The fourth-order valence-electron chi connectivity index (χ4n) is 3.84. The van der Waals surface area contributed by atoms with Crippen LogP contribution in [-0.4, -0.2) is 13.1 Å². The summed E-state index contributed by atoms with van der Waals surface area (Å²) in [5.41, 5.74) is 7.37. The molecule has 0 spiro atoms. The fraction of sp³-hybridized carbons (Fsp3) is 0.333. The highest BCUT2D eigenvalue weighted by molar-refractivity contribution is 5.84. The summed E-state index contributed by atoms with van der Waals surface area (Å²) in [5, 5.41) is 3.47. The molecule has 1 heteroatoms. The second kappa shape index (κ2) is 6.10. The van der Waals surface area contributed by atoms with Crippen LogP contribution >= 0.6 is 0 Å². The van der Waals surface area contributed by atoms with Gasteiger partial charge in [-0.3, -0.25) is 0 Å². The van der Waals surface area contributed by atoms with Crippen LogP contribution in [0.4, 0.5) is 0 Å². The average molecular weight is 289 g/mol. The first-order valence-corrected chi connectivity index (χ1v) is 8.51. The van der Waals surface area contributed by atoms with Crippen molar-refractivity contribution in [3.63, 3.8) is 0 Å². The van der Waals surface area contributed by atoms with Crippen LogP contribution in [0.2, 0.25) is 0 Å². The maximum atomic E-state index is 3.47. The Morgan fingerprint density at radius 2 is 1.32 bits per heavy atom. The molecule has 0 atom stereocenters. The predicted molar refractivity (Wildman–Crippen MR) is 93.0 cm³/mol. The summed E-state index contributed by atoms with van der Waals surface area (Å²) < 4.78 is 0. The van der Waals surface area contributed by atoms with E-state index in [0.29, 0.717) is 5.92 Å². The van der Waals surface area contributed by atoms with Gasteiger partial charge in [0.05, 0.1) is 0 Å². The van der Waals surface area contributed by atoms with Gasteiger partial charge in [0, 0.05) is 0 Å². The predicted octanol–water partition coefficient (Wildman–Crippen LogP) is 4.22. The number of hydrogen-bond donors (Lipinski definition) is 1. The molecule has 1 N–H and O–H groups in total. The molecule has 1 saturated heterocycles. The van der Waals surface area contributed by atoms with Gasteiger partial charge in [-0.2, -0.15) is 0 Å². The molecule has 4 rings (SSSR count). The van der Waals surface area contributed by atoms with Crippen molar-refractivity contribution in [3.8, 4) is 0 Å². The lowest BCUT2D eigenvalue weighted by molar-refractivity contribution is 0.437. The van der Waals surface area contributed by atoms with E-state index in [0.717, 1.165) is 25.9 Å². The molecule has 1 aliphatic carbocycles. The van der Waals surface area contributed by atoms with Crippen molar-refractivity contribution in [3.05, 3.63) is 76.9 Å². The SMILES string of the molecule is C(=C1c2ccccc2CCc2ccccc21)C1CCNCC1. The number of benzene rings is 2. The number of rotatable bonds is 1. The minimum Gasteiger partial charge on any atom is -0.317 e. The summed E-state index contributed by atoms with van der Waals surface area (Å²) in [4.78, 5) is 0. The van der Waals surface area contributed by atoms with Gasteiger partial charge in [0.15, 0.2) is 0 Å². The Morgan fingerprint density at radius 1 is 0.773 bits per heavy atom. The van der Waals surface area contributed by atoms with Crippen molar-refractivity contribution >= 4 is 5.57 Å². The average Bonchev–Trinajstić information content (AvgIpc) is 2.74. The van der Waals surface area contributed by atoms with Gasteiger partial charge >= 0.3 is 0 Å². The van der Waals surface area contributed by atoms with Crippen LogP contribution in [0.5, 0.6) is 0 Å². The number of allylic oxidation sites excluding steroid dienone is 1. The topological polar surface area (TPSA) is 12.0 Å². The van der Waals surface area contributed by atoms with E-state index in [1.807, 2.05) is 0 Å². The normalized spacial score (nSPS) is 18.3. The van der Waals surface area contributed by atoms with E-state index >= 15 is 0 Å². The summed E-state index contributed by atoms with van der Waals surface area (Å²) in [6.07, 6.45) is 7.37. The number of nitrogens with one attached hydrogen (secondary N) is 1. The highest BCUT2D eigenvalue weighted by Crippen LogP contribution is 2.35. The number of aryl methyl sites for hydroxylation is 2. The summed E-state index contributed by atoms with van der Waals surface area (Å²) in [5.74, 6) is 0.704. The maximum absolute atomic E-state index is 3.47. The fourth-order valence-corrected chi connectivity index (χ4v) is 3.84. The third kappa shape index (κ3) is 2.62. The van der Waals surface area contributed by atoms with Gasteiger partial charge in [0.2, 0.25) is 0 Å². The van der Waals surface area contributed by atoms with E-state index in [2.05, 4.69) is 59.9 Å². The molecule has 1 fully saturated rings. The van der Waals surface area contributed by atoms with E-state index in [1.54, 1.807) is 0 Å². The molecular weight excluding hydrogens is 266 g/mol. The number of fused-ring (bicyclic) bond motifs is 2. The lowest BCUT2D eigenvalue weighted by Crippen LogP contribution is -2.27. The van der Waals surface area contributed by atoms with Gasteiger partial charge in [0.25, 0.3) is 0 Å². The monoisotopic (exact) mass is 289 g/mol. The Hall–Kier alpha value is -1.86. The molecule has 0 radical (unpaired) electrons. The molecule has 2 aromatic rings. The first kappa shape index (κ1) is 13.8. The Bertz CT molecular complexity index is 643. The van der Waals surface area contributed by atoms with Crippen LogP contribution in [0.1, 0.15) is 35.1 Å². The molecule has 0 saturated carbocycles. The Labute approximate surface area is 133 Å². The molecule has 1 heterocycles. The molecule has 2 aliphatic rings. The van der Waals surface area contributed by atoms with E-state index in [4.69, 9.17) is 0 Å². The standard InChI is InChI=1S/C21H23N/c1-3-7-19-17(5-1)9-10-18-6-2-4-8-20(18)21(19)15-16-11-13-22-14-12-16/h1-8,15-16,22H,9-14H2. The van der Waals surface area contributed by atoms with E-state index in [9.17, 15) is 0 Å². The lowest BCUT2D eigenvalue weighted by atomic mass is 9.88. The second-order valence-corrected chi connectivity index (χ2v) is 6.48. The van der Waals surface area contributed by atoms with Crippen molar-refractivity contribution in [2.45, 2.75) is 25.7 Å². The molecule has 2 aromatic carbocycles. The second-order valence-electron chi connectivity index (χ2n) is 6.48. The van der Waals surface area contributed by atoms with Crippen LogP contribution in [0.25, 0.3) is 5.57 Å². The zero-order valence-corrected chi connectivity index (χ0v) is 13.0. The van der Waals surface area contributed by atoms with Crippen molar-refractivity contribution in [1.82, 2.24) is 5.32 Å². The van der Waals surface area contributed by atoms with Crippen molar-refractivity contribution in [1.29, 1.82) is 0 Å². The van der Waals surface area contributed by atoms with E-state index in [-0.39, 0.29) is 0 Å². The third-order valence-corrected chi connectivity index (χ3v) is 5.06. The van der Waals surface area contributed by atoms with Crippen LogP contribution in [0.15, 0.2) is 54.6 Å². The number of hydrogen-bond acceptors (Lipinski definition) is 1. The van der Waals surface area contributed by atoms with Crippen LogP contribution in [0, 0.1) is 5.92 Å². The molecule has 0 unspecified atom stereocenters. The lowest BCUT2D eigenvalue weighted by Gasteiger charge is -2.22. The van der Waals surface area contributed by atoms with Gasteiger partial charge in [0.1, 0.15) is 0 Å². The van der Waals surface area contributed by atoms with Crippen LogP contribution in [-0.2, 0) is 12.8 Å². The van der Waals surface area contributed by atoms with Crippen LogP contribution < -0.4 is 5.32 Å². The molecular formula is C21H23N. The van der Waals surface area contributed by atoms with Crippen LogP contribution in [0.3, 0.4) is 0 Å². The quantitative estimate of drug-likeness (QED) is 0.829. The summed E-state index contributed by atoms with van der Waals surface area (Å²) in [7, 11) is 0. The van der Waals surface area contributed by atoms with Gasteiger partial charge in [-0.15, -0.1) is 0 Å². The van der Waals surface area contributed by atoms with Crippen molar-refractivity contribution in [2.75, 3.05) is 13.1 Å². The Balaban J connectivity index is 1.85. The molecule has 1 aliphatic heterocycles. The smallest absolute Gasteiger partial charge is 0.00433 e. The minimum atomic E-state index is 0.704. The van der Waals surface area contributed by atoms with Gasteiger partial charge in [-0.25, -0.2) is 0 Å². The van der Waals surface area contributed by atoms with Gasteiger partial charge in [-0.1, -0.05) is 54.6 Å². The maximum Gasteiger partial charge on any atom is -0.00433 e. The van der Waals surface area contributed by atoms with Gasteiger partial charge in [-0.05, 0) is 72.5 Å². The summed E-state index contributed by atoms with van der Waals surface area (Å²) in [6.45, 7) is 2.30. The highest BCUT2D eigenvalue weighted by Gasteiger charge is 2.19. The molecule has 1 nitrogen and oxygen atoms in total. The summed E-state index contributed by atoms with van der Waals surface area (Å²) in [6, 6.07) is 17.9.